The fourth-order valence-electron chi connectivity index (χ4n) is 1.38. The smallest absolute Gasteiger partial charge is 0.342 e. The third-order valence-electron chi connectivity index (χ3n) is 2.20. The largest absolute Gasteiger partial charge is 0.462 e. The number of aryl methyl sites for hydroxylation is 1. The van der Waals surface area contributed by atoms with E-state index in [0.29, 0.717) is 5.82 Å². The highest BCUT2D eigenvalue weighted by Crippen LogP contribution is 2.19. The van der Waals surface area contributed by atoms with Crippen molar-refractivity contribution in [1.82, 2.24) is 19.7 Å². The van der Waals surface area contributed by atoms with Gasteiger partial charge in [-0.3, -0.25) is 4.68 Å². The van der Waals surface area contributed by atoms with Gasteiger partial charge in [0.05, 0.1) is 18.4 Å². The molecule has 6 nitrogen and oxygen atoms in total. The summed E-state index contributed by atoms with van der Waals surface area (Å²) >= 11 is 5.94. The standard InChI is InChI=1S/C11H11ClN4O2/c1-3-18-11(17)8-5-13-10(15-9(8)12)7-4-14-16(2)6-7/h4-6H,3H2,1-2H3. The Morgan fingerprint density at radius 1 is 1.50 bits per heavy atom. The van der Waals surface area contributed by atoms with Crippen LogP contribution < -0.4 is 0 Å². The number of carbonyl (C=O) groups excluding carboxylic acids is 1. The maximum atomic E-state index is 11.5. The Morgan fingerprint density at radius 2 is 2.28 bits per heavy atom. The van der Waals surface area contributed by atoms with Gasteiger partial charge >= 0.3 is 5.97 Å². The van der Waals surface area contributed by atoms with Crippen LogP contribution in [0.5, 0.6) is 0 Å². The molecule has 7 heteroatoms. The lowest BCUT2D eigenvalue weighted by atomic mass is 10.3. The van der Waals surface area contributed by atoms with Gasteiger partial charge in [-0.15, -0.1) is 0 Å². The van der Waals surface area contributed by atoms with Gasteiger partial charge in [-0.2, -0.15) is 5.10 Å². The van der Waals surface area contributed by atoms with Gasteiger partial charge in [-0.25, -0.2) is 14.8 Å². The molecule has 0 aromatic carbocycles. The quantitative estimate of drug-likeness (QED) is 0.625. The molecule has 18 heavy (non-hydrogen) atoms. The maximum absolute atomic E-state index is 11.5. The van der Waals surface area contributed by atoms with E-state index >= 15 is 0 Å². The molecular formula is C11H11ClN4O2. The van der Waals surface area contributed by atoms with Crippen molar-refractivity contribution >= 4 is 17.6 Å². The summed E-state index contributed by atoms with van der Waals surface area (Å²) in [7, 11) is 1.79. The molecule has 2 aromatic heterocycles. The lowest BCUT2D eigenvalue weighted by molar-refractivity contribution is 0.0525. The SMILES string of the molecule is CCOC(=O)c1cnc(-c2cnn(C)c2)nc1Cl. The molecule has 0 fully saturated rings. The van der Waals surface area contributed by atoms with Gasteiger partial charge in [0.1, 0.15) is 10.7 Å². The molecule has 0 amide bonds. The summed E-state index contributed by atoms with van der Waals surface area (Å²) in [4.78, 5) is 19.7. The van der Waals surface area contributed by atoms with E-state index in [-0.39, 0.29) is 17.3 Å². The summed E-state index contributed by atoms with van der Waals surface area (Å²) in [5.41, 5.74) is 0.890. The first-order chi connectivity index (χ1) is 8.61. The van der Waals surface area contributed by atoms with Crippen LogP contribution in [0.2, 0.25) is 5.15 Å². The van der Waals surface area contributed by atoms with E-state index in [0.717, 1.165) is 5.56 Å². The predicted molar refractivity (Wildman–Crippen MR) is 65.2 cm³/mol. The highest BCUT2D eigenvalue weighted by atomic mass is 35.5. The average molecular weight is 267 g/mol. The predicted octanol–water partition coefficient (Wildman–Crippen LogP) is 1.71. The van der Waals surface area contributed by atoms with Crippen molar-refractivity contribution in [2.75, 3.05) is 6.61 Å². The number of ether oxygens (including phenoxy) is 1. The number of nitrogens with zero attached hydrogens (tertiary/aromatic N) is 4. The van der Waals surface area contributed by atoms with Crippen molar-refractivity contribution in [3.63, 3.8) is 0 Å². The molecule has 0 unspecified atom stereocenters. The molecule has 0 aliphatic heterocycles. The van der Waals surface area contributed by atoms with E-state index in [1.54, 1.807) is 31.0 Å². The maximum Gasteiger partial charge on any atom is 0.342 e. The molecule has 0 radical (unpaired) electrons. The van der Waals surface area contributed by atoms with Gasteiger partial charge in [0, 0.05) is 19.4 Å². The molecule has 0 aliphatic rings. The minimum atomic E-state index is -0.528. The zero-order valence-electron chi connectivity index (χ0n) is 9.92. The zero-order chi connectivity index (χ0) is 13.1. The second kappa shape index (κ2) is 5.14. The zero-order valence-corrected chi connectivity index (χ0v) is 10.7. The second-order valence-electron chi connectivity index (χ2n) is 3.52. The monoisotopic (exact) mass is 266 g/mol. The van der Waals surface area contributed by atoms with Crippen molar-refractivity contribution in [3.8, 4) is 11.4 Å². The normalized spacial score (nSPS) is 10.4. The Labute approximate surface area is 109 Å². The highest BCUT2D eigenvalue weighted by Gasteiger charge is 2.15. The van der Waals surface area contributed by atoms with Gasteiger partial charge in [0.15, 0.2) is 5.82 Å². The van der Waals surface area contributed by atoms with Crippen molar-refractivity contribution < 1.29 is 9.53 Å². The van der Waals surface area contributed by atoms with Crippen LogP contribution in [0.3, 0.4) is 0 Å². The topological polar surface area (TPSA) is 69.9 Å². The first-order valence-corrected chi connectivity index (χ1v) is 5.68. The van der Waals surface area contributed by atoms with Gasteiger partial charge in [0.2, 0.25) is 0 Å². The van der Waals surface area contributed by atoms with Crippen molar-refractivity contribution in [2.45, 2.75) is 6.92 Å². The van der Waals surface area contributed by atoms with Crippen LogP contribution >= 0.6 is 11.6 Å². The van der Waals surface area contributed by atoms with Gasteiger partial charge in [0.25, 0.3) is 0 Å². The molecule has 0 atom stereocenters. The van der Waals surface area contributed by atoms with Crippen LogP contribution in [0.25, 0.3) is 11.4 Å². The van der Waals surface area contributed by atoms with Crippen LogP contribution in [0, 0.1) is 0 Å². The highest BCUT2D eigenvalue weighted by molar-refractivity contribution is 6.32. The minimum Gasteiger partial charge on any atom is -0.462 e. The summed E-state index contributed by atoms with van der Waals surface area (Å²) in [5, 5.41) is 4.08. The van der Waals surface area contributed by atoms with Gasteiger partial charge < -0.3 is 4.74 Å². The van der Waals surface area contributed by atoms with Crippen LogP contribution in [-0.2, 0) is 11.8 Å². The summed E-state index contributed by atoms with van der Waals surface area (Å²) in [6, 6.07) is 0. The molecule has 2 aromatic rings. The molecule has 0 spiro atoms. The van der Waals surface area contributed by atoms with Crippen molar-refractivity contribution in [2.24, 2.45) is 7.05 Å². The van der Waals surface area contributed by atoms with E-state index < -0.39 is 5.97 Å². The minimum absolute atomic E-state index is 0.0716. The third-order valence-corrected chi connectivity index (χ3v) is 2.49. The number of esters is 1. The summed E-state index contributed by atoms with van der Waals surface area (Å²) in [6.45, 7) is 2.00. The molecule has 0 N–H and O–H groups in total. The van der Waals surface area contributed by atoms with E-state index in [1.165, 1.54) is 6.20 Å². The first-order valence-electron chi connectivity index (χ1n) is 5.30. The third kappa shape index (κ3) is 2.48. The summed E-state index contributed by atoms with van der Waals surface area (Å²) in [5.74, 6) is -0.110. The lowest BCUT2D eigenvalue weighted by Gasteiger charge is -2.03. The van der Waals surface area contributed by atoms with Crippen LogP contribution in [0.1, 0.15) is 17.3 Å². The Morgan fingerprint density at radius 3 is 2.83 bits per heavy atom. The fraction of sp³-hybridized carbons (Fsp3) is 0.273. The van der Waals surface area contributed by atoms with Crippen LogP contribution in [0.4, 0.5) is 0 Å². The summed E-state index contributed by atoms with van der Waals surface area (Å²) < 4.78 is 6.47. The second-order valence-corrected chi connectivity index (χ2v) is 3.88. The van der Waals surface area contributed by atoms with E-state index in [1.807, 2.05) is 0 Å². The molecule has 0 bridgehead atoms. The Hall–Kier alpha value is -1.95. The molecule has 0 aliphatic carbocycles. The van der Waals surface area contributed by atoms with Crippen molar-refractivity contribution in [1.29, 1.82) is 0 Å². The first kappa shape index (κ1) is 12.5. The van der Waals surface area contributed by atoms with E-state index in [9.17, 15) is 4.79 Å². The Bertz CT molecular complexity index is 582. The van der Waals surface area contributed by atoms with Crippen LogP contribution in [-0.4, -0.2) is 32.3 Å². The van der Waals surface area contributed by atoms with Gasteiger partial charge in [-0.05, 0) is 6.92 Å². The van der Waals surface area contributed by atoms with E-state index in [2.05, 4.69) is 15.1 Å². The number of carbonyl (C=O) groups is 1. The summed E-state index contributed by atoms with van der Waals surface area (Å²) in [6.07, 6.45) is 4.74. The molecule has 94 valence electrons. The molecule has 0 saturated heterocycles. The number of rotatable bonds is 3. The molecule has 2 heterocycles. The number of halogens is 1. The van der Waals surface area contributed by atoms with Crippen molar-refractivity contribution in [3.05, 3.63) is 29.3 Å². The van der Waals surface area contributed by atoms with Gasteiger partial charge in [-0.1, -0.05) is 11.6 Å². The molecule has 2 rings (SSSR count). The van der Waals surface area contributed by atoms with Crippen LogP contribution in [0.15, 0.2) is 18.6 Å². The molecule has 0 saturated carbocycles. The lowest BCUT2D eigenvalue weighted by Crippen LogP contribution is -2.07. The number of hydrogen-bond donors (Lipinski definition) is 0. The Balaban J connectivity index is 2.33. The fourth-order valence-corrected chi connectivity index (χ4v) is 1.59. The van der Waals surface area contributed by atoms with E-state index in [4.69, 9.17) is 16.3 Å². The number of hydrogen-bond acceptors (Lipinski definition) is 5. The Kier molecular flexibility index (Phi) is 3.57. The number of aromatic nitrogens is 4. The molecular weight excluding hydrogens is 256 g/mol. The average Bonchev–Trinajstić information content (AvgIpc) is 2.76.